The number of aryl methyl sites for hydroxylation is 1. The van der Waals surface area contributed by atoms with E-state index in [9.17, 15) is 9.59 Å². The molecule has 4 aromatic rings. The molecule has 0 aliphatic heterocycles. The third kappa shape index (κ3) is 4.26. The van der Waals surface area contributed by atoms with Gasteiger partial charge in [-0.3, -0.25) is 14.0 Å². The van der Waals surface area contributed by atoms with Crippen LogP contribution in [0.25, 0.3) is 5.65 Å². The Labute approximate surface area is 180 Å². The molecule has 0 atom stereocenters. The molecule has 7 nitrogen and oxygen atoms in total. The summed E-state index contributed by atoms with van der Waals surface area (Å²) in [5.41, 5.74) is 2.70. The third-order valence-electron chi connectivity index (χ3n) is 5.06. The van der Waals surface area contributed by atoms with Gasteiger partial charge in [0.1, 0.15) is 17.0 Å². The molecule has 0 bridgehead atoms. The second-order valence-electron chi connectivity index (χ2n) is 8.67. The molecule has 31 heavy (non-hydrogen) atoms. The lowest BCUT2D eigenvalue weighted by atomic mass is 9.92. The Balaban J connectivity index is 1.70. The lowest BCUT2D eigenvalue weighted by molar-refractivity contribution is 0.102. The van der Waals surface area contributed by atoms with Crippen LogP contribution in [0.1, 0.15) is 48.0 Å². The molecule has 0 saturated heterocycles. The summed E-state index contributed by atoms with van der Waals surface area (Å²) in [6, 6.07) is 15.4. The van der Waals surface area contributed by atoms with Crippen LogP contribution < -0.4 is 10.9 Å². The highest BCUT2D eigenvalue weighted by atomic mass is 16.2. The number of anilines is 1. The topological polar surface area (TPSA) is 81.3 Å². The van der Waals surface area contributed by atoms with Gasteiger partial charge in [-0.15, -0.1) is 0 Å². The van der Waals surface area contributed by atoms with Gasteiger partial charge in [0.2, 0.25) is 0 Å². The fourth-order valence-electron chi connectivity index (χ4n) is 3.28. The van der Waals surface area contributed by atoms with E-state index in [0.29, 0.717) is 18.0 Å². The van der Waals surface area contributed by atoms with Crippen molar-refractivity contribution >= 4 is 17.4 Å². The van der Waals surface area contributed by atoms with Crippen molar-refractivity contribution in [2.75, 3.05) is 5.32 Å². The zero-order valence-electron chi connectivity index (χ0n) is 18.1. The van der Waals surface area contributed by atoms with Crippen molar-refractivity contribution in [2.24, 2.45) is 0 Å². The predicted octanol–water partition coefficient (Wildman–Crippen LogP) is 3.80. The molecule has 0 unspecified atom stereocenters. The Morgan fingerprint density at radius 3 is 2.55 bits per heavy atom. The standard InChI is InChI=1S/C24H25N5O2/c1-16-10-11-20-25-13-18(23(31)28(20)14-16)22(30)26-21-12-19(24(2,3)4)27-29(21)15-17-8-6-5-7-9-17/h5-14H,15H2,1-4H3,(H,26,30). The minimum Gasteiger partial charge on any atom is -0.307 e. The molecule has 1 N–H and O–H groups in total. The molecule has 158 valence electrons. The molecule has 0 spiro atoms. The fraction of sp³-hybridized carbons (Fsp3) is 0.250. The molecule has 4 rings (SSSR count). The number of benzene rings is 1. The summed E-state index contributed by atoms with van der Waals surface area (Å²) >= 11 is 0. The van der Waals surface area contributed by atoms with Crippen LogP contribution in [0.2, 0.25) is 0 Å². The highest BCUT2D eigenvalue weighted by Crippen LogP contribution is 2.25. The maximum Gasteiger partial charge on any atom is 0.270 e. The summed E-state index contributed by atoms with van der Waals surface area (Å²) in [5.74, 6) is 0.0237. The van der Waals surface area contributed by atoms with Crippen molar-refractivity contribution in [1.82, 2.24) is 19.2 Å². The number of amides is 1. The maximum atomic E-state index is 13.0. The first-order chi connectivity index (χ1) is 14.7. The van der Waals surface area contributed by atoms with Crippen LogP contribution >= 0.6 is 0 Å². The average Bonchev–Trinajstić information content (AvgIpc) is 3.12. The number of hydrogen-bond donors (Lipinski definition) is 1. The zero-order chi connectivity index (χ0) is 22.2. The lowest BCUT2D eigenvalue weighted by Crippen LogP contribution is -2.27. The smallest absolute Gasteiger partial charge is 0.270 e. The molecule has 0 aliphatic rings. The monoisotopic (exact) mass is 415 g/mol. The largest absolute Gasteiger partial charge is 0.307 e. The minimum absolute atomic E-state index is 0.0205. The molecule has 0 fully saturated rings. The van der Waals surface area contributed by atoms with Crippen LogP contribution in [0.15, 0.2) is 65.7 Å². The van der Waals surface area contributed by atoms with E-state index in [2.05, 4.69) is 31.1 Å². The summed E-state index contributed by atoms with van der Waals surface area (Å²) in [5, 5.41) is 7.58. The highest BCUT2D eigenvalue weighted by Gasteiger charge is 2.22. The fourth-order valence-corrected chi connectivity index (χ4v) is 3.28. The van der Waals surface area contributed by atoms with Gasteiger partial charge in [-0.1, -0.05) is 57.2 Å². The van der Waals surface area contributed by atoms with Crippen LogP contribution in [-0.2, 0) is 12.0 Å². The number of nitrogens with one attached hydrogen (secondary N) is 1. The van der Waals surface area contributed by atoms with E-state index >= 15 is 0 Å². The second-order valence-corrected chi connectivity index (χ2v) is 8.67. The van der Waals surface area contributed by atoms with Gasteiger partial charge >= 0.3 is 0 Å². The Morgan fingerprint density at radius 1 is 1.10 bits per heavy atom. The summed E-state index contributed by atoms with van der Waals surface area (Å²) in [7, 11) is 0. The molecule has 0 saturated carbocycles. The molecule has 0 radical (unpaired) electrons. The Morgan fingerprint density at radius 2 is 1.84 bits per heavy atom. The van der Waals surface area contributed by atoms with Gasteiger partial charge in [0.05, 0.1) is 12.2 Å². The molecule has 7 heteroatoms. The van der Waals surface area contributed by atoms with E-state index in [1.807, 2.05) is 49.4 Å². The average molecular weight is 415 g/mol. The predicted molar refractivity (Wildman–Crippen MR) is 121 cm³/mol. The summed E-state index contributed by atoms with van der Waals surface area (Å²) < 4.78 is 3.15. The lowest BCUT2D eigenvalue weighted by Gasteiger charge is -2.14. The first-order valence-corrected chi connectivity index (χ1v) is 10.1. The van der Waals surface area contributed by atoms with Crippen LogP contribution in [-0.4, -0.2) is 25.1 Å². The van der Waals surface area contributed by atoms with Gasteiger partial charge < -0.3 is 5.32 Å². The number of carbonyl (C=O) groups is 1. The SMILES string of the molecule is Cc1ccc2ncc(C(=O)Nc3cc(C(C)(C)C)nn3Cc3ccccc3)c(=O)n2c1. The Kier molecular flexibility index (Phi) is 5.19. The molecule has 0 aliphatic carbocycles. The van der Waals surface area contributed by atoms with Crippen molar-refractivity contribution < 1.29 is 4.79 Å². The maximum absolute atomic E-state index is 13.0. The van der Waals surface area contributed by atoms with Crippen LogP contribution in [0.4, 0.5) is 5.82 Å². The molecule has 1 amide bonds. The summed E-state index contributed by atoms with van der Waals surface area (Å²) in [4.78, 5) is 30.2. The van der Waals surface area contributed by atoms with Crippen molar-refractivity contribution in [3.8, 4) is 0 Å². The van der Waals surface area contributed by atoms with Gasteiger partial charge in [-0.25, -0.2) is 9.67 Å². The Bertz CT molecular complexity index is 1310. The number of pyridine rings is 1. The van der Waals surface area contributed by atoms with E-state index in [0.717, 1.165) is 16.8 Å². The van der Waals surface area contributed by atoms with E-state index < -0.39 is 11.5 Å². The number of aromatic nitrogens is 4. The third-order valence-corrected chi connectivity index (χ3v) is 5.06. The van der Waals surface area contributed by atoms with Crippen LogP contribution in [0.5, 0.6) is 0 Å². The minimum atomic E-state index is -0.511. The number of fused-ring (bicyclic) bond motifs is 1. The number of rotatable bonds is 4. The highest BCUT2D eigenvalue weighted by molar-refractivity contribution is 6.03. The van der Waals surface area contributed by atoms with Crippen molar-refractivity contribution in [3.05, 3.63) is 93.7 Å². The number of carbonyl (C=O) groups excluding carboxylic acids is 1. The summed E-state index contributed by atoms with van der Waals surface area (Å²) in [6.07, 6.45) is 3.00. The van der Waals surface area contributed by atoms with Gasteiger partial charge in [0.25, 0.3) is 11.5 Å². The van der Waals surface area contributed by atoms with E-state index in [1.54, 1.807) is 16.9 Å². The van der Waals surface area contributed by atoms with Crippen LogP contribution in [0, 0.1) is 6.92 Å². The molecular formula is C24H25N5O2. The van der Waals surface area contributed by atoms with Gasteiger partial charge in [0, 0.05) is 23.9 Å². The van der Waals surface area contributed by atoms with Crippen molar-refractivity contribution in [3.63, 3.8) is 0 Å². The van der Waals surface area contributed by atoms with E-state index in [4.69, 9.17) is 5.10 Å². The molecule has 3 aromatic heterocycles. The molecule has 3 heterocycles. The quantitative estimate of drug-likeness (QED) is 0.550. The van der Waals surface area contributed by atoms with Gasteiger partial charge in [-0.05, 0) is 24.1 Å². The van der Waals surface area contributed by atoms with E-state index in [-0.39, 0.29) is 11.0 Å². The van der Waals surface area contributed by atoms with Crippen molar-refractivity contribution in [1.29, 1.82) is 0 Å². The first-order valence-electron chi connectivity index (χ1n) is 10.1. The van der Waals surface area contributed by atoms with Crippen molar-refractivity contribution in [2.45, 2.75) is 39.7 Å². The van der Waals surface area contributed by atoms with Gasteiger partial charge in [-0.2, -0.15) is 5.10 Å². The van der Waals surface area contributed by atoms with E-state index in [1.165, 1.54) is 10.6 Å². The number of hydrogen-bond acceptors (Lipinski definition) is 4. The molecular weight excluding hydrogens is 390 g/mol. The Hall–Kier alpha value is -3.74. The number of nitrogens with zero attached hydrogens (tertiary/aromatic N) is 4. The van der Waals surface area contributed by atoms with Crippen LogP contribution in [0.3, 0.4) is 0 Å². The molecule has 1 aromatic carbocycles. The first kappa shape index (κ1) is 20.5. The summed E-state index contributed by atoms with van der Waals surface area (Å²) in [6.45, 7) is 8.58. The second kappa shape index (κ2) is 7.83. The normalized spacial score (nSPS) is 11.6. The zero-order valence-corrected chi connectivity index (χ0v) is 18.1. The van der Waals surface area contributed by atoms with Gasteiger partial charge in [0.15, 0.2) is 0 Å².